The molecule has 1 aliphatic heterocycles. The van der Waals surface area contributed by atoms with Crippen molar-refractivity contribution in [2.24, 2.45) is 0 Å². The van der Waals surface area contributed by atoms with Crippen molar-refractivity contribution in [3.63, 3.8) is 0 Å². The molecule has 4 heteroatoms. The third-order valence-corrected chi connectivity index (χ3v) is 2.58. The summed E-state index contributed by atoms with van der Waals surface area (Å²) < 4.78 is 0. The molecule has 2 amide bonds. The lowest BCUT2D eigenvalue weighted by Gasteiger charge is -2.27. The van der Waals surface area contributed by atoms with E-state index < -0.39 is 6.10 Å². The minimum Gasteiger partial charge on any atom is -0.392 e. The second kappa shape index (κ2) is 4.06. The quantitative estimate of drug-likeness (QED) is 0.741. The predicted octanol–water partition coefficient (Wildman–Crippen LogP) is 0.592. The van der Waals surface area contributed by atoms with Crippen LogP contribution in [0.3, 0.4) is 0 Å². The van der Waals surface area contributed by atoms with Crippen LogP contribution in [0.4, 0.5) is 0 Å². The molecule has 84 valence electrons. The molecule has 0 saturated carbocycles. The van der Waals surface area contributed by atoms with Gasteiger partial charge in [0, 0.05) is 5.56 Å². The highest BCUT2D eigenvalue weighted by molar-refractivity contribution is 6.09. The van der Waals surface area contributed by atoms with Gasteiger partial charge in [-0.1, -0.05) is 18.2 Å². The summed E-state index contributed by atoms with van der Waals surface area (Å²) in [5.74, 6) is -0.558. The minimum absolute atomic E-state index is 0.0615. The van der Waals surface area contributed by atoms with Crippen molar-refractivity contribution in [3.05, 3.63) is 35.4 Å². The molecule has 0 fully saturated rings. The van der Waals surface area contributed by atoms with Gasteiger partial charge in [0.25, 0.3) is 5.91 Å². The van der Waals surface area contributed by atoms with Crippen molar-refractivity contribution in [2.45, 2.75) is 19.4 Å². The first-order valence-corrected chi connectivity index (χ1v) is 5.20. The molecule has 1 N–H and O–H groups in total. The van der Waals surface area contributed by atoms with E-state index in [1.807, 2.05) is 6.07 Å². The van der Waals surface area contributed by atoms with Crippen molar-refractivity contribution in [1.82, 2.24) is 4.90 Å². The monoisotopic (exact) mass is 219 g/mol. The van der Waals surface area contributed by atoms with E-state index >= 15 is 0 Å². The standard InChI is InChI=1S/C12H13NO3/c1-8(14)7-13-11(15)6-9-4-2-3-5-10(9)12(13)16/h2-5,8,14H,6-7H2,1H3/t8-/m0/s1. The Labute approximate surface area is 93.5 Å². The van der Waals surface area contributed by atoms with Gasteiger partial charge in [0.05, 0.1) is 19.1 Å². The third kappa shape index (κ3) is 1.84. The molecule has 0 spiro atoms. The van der Waals surface area contributed by atoms with Crippen molar-refractivity contribution < 1.29 is 14.7 Å². The number of aliphatic hydroxyl groups is 1. The summed E-state index contributed by atoms with van der Waals surface area (Å²) in [5.41, 5.74) is 1.32. The lowest BCUT2D eigenvalue weighted by molar-refractivity contribution is -0.129. The molecule has 0 radical (unpaired) electrons. The number of carbonyl (C=O) groups excluding carboxylic acids is 2. The van der Waals surface area contributed by atoms with E-state index in [2.05, 4.69) is 0 Å². The second-order valence-corrected chi connectivity index (χ2v) is 3.99. The predicted molar refractivity (Wildman–Crippen MR) is 57.9 cm³/mol. The lowest BCUT2D eigenvalue weighted by Crippen LogP contribution is -2.45. The highest BCUT2D eigenvalue weighted by Crippen LogP contribution is 2.19. The van der Waals surface area contributed by atoms with Gasteiger partial charge in [0.15, 0.2) is 0 Å². The Morgan fingerprint density at radius 3 is 2.75 bits per heavy atom. The summed E-state index contributed by atoms with van der Waals surface area (Å²) in [6, 6.07) is 7.07. The summed E-state index contributed by atoms with van der Waals surface area (Å²) in [7, 11) is 0. The zero-order chi connectivity index (χ0) is 11.7. The molecule has 1 aromatic rings. The van der Waals surface area contributed by atoms with Crippen molar-refractivity contribution in [2.75, 3.05) is 6.54 Å². The van der Waals surface area contributed by atoms with Crippen molar-refractivity contribution in [3.8, 4) is 0 Å². The average Bonchev–Trinajstić information content (AvgIpc) is 2.24. The molecule has 4 nitrogen and oxygen atoms in total. The number of hydrogen-bond acceptors (Lipinski definition) is 3. The second-order valence-electron chi connectivity index (χ2n) is 3.99. The number of β-amino-alcohol motifs (C(OH)–C–C–N with tert-alkyl or cyclic N) is 1. The molecule has 2 rings (SSSR count). The van der Waals surface area contributed by atoms with Crippen LogP contribution in [0.1, 0.15) is 22.8 Å². The zero-order valence-corrected chi connectivity index (χ0v) is 9.01. The maximum Gasteiger partial charge on any atom is 0.260 e. The molecular formula is C12H13NO3. The fourth-order valence-electron chi connectivity index (χ4n) is 1.85. The number of aliphatic hydroxyl groups excluding tert-OH is 1. The number of amides is 2. The van der Waals surface area contributed by atoms with Gasteiger partial charge in [-0.3, -0.25) is 14.5 Å². The Hall–Kier alpha value is -1.68. The van der Waals surface area contributed by atoms with Crippen LogP contribution in [0.15, 0.2) is 24.3 Å². The smallest absolute Gasteiger partial charge is 0.260 e. The molecule has 0 bridgehead atoms. The average molecular weight is 219 g/mol. The number of rotatable bonds is 2. The van der Waals surface area contributed by atoms with Gasteiger partial charge in [-0.15, -0.1) is 0 Å². The number of benzene rings is 1. The summed E-state index contributed by atoms with van der Waals surface area (Å²) in [5, 5.41) is 9.24. The van der Waals surface area contributed by atoms with E-state index in [1.165, 1.54) is 0 Å². The highest BCUT2D eigenvalue weighted by atomic mass is 16.3. The first-order chi connectivity index (χ1) is 7.59. The van der Waals surface area contributed by atoms with Gasteiger partial charge in [0.2, 0.25) is 5.91 Å². The molecule has 1 aliphatic rings. The Morgan fingerprint density at radius 2 is 2.06 bits per heavy atom. The number of imide groups is 1. The van der Waals surface area contributed by atoms with E-state index in [9.17, 15) is 14.7 Å². The van der Waals surface area contributed by atoms with E-state index in [0.717, 1.165) is 10.5 Å². The first kappa shape index (κ1) is 10.8. The van der Waals surface area contributed by atoms with Crippen LogP contribution in [0.5, 0.6) is 0 Å². The van der Waals surface area contributed by atoms with Crippen LogP contribution in [0, 0.1) is 0 Å². The number of carbonyl (C=O) groups is 2. The van der Waals surface area contributed by atoms with E-state index in [1.54, 1.807) is 25.1 Å². The van der Waals surface area contributed by atoms with E-state index in [4.69, 9.17) is 0 Å². The molecule has 0 aliphatic carbocycles. The van der Waals surface area contributed by atoms with Crippen LogP contribution in [-0.2, 0) is 11.2 Å². The Bertz CT molecular complexity index is 440. The molecular weight excluding hydrogens is 206 g/mol. The number of nitrogens with zero attached hydrogens (tertiary/aromatic N) is 1. The molecule has 0 saturated heterocycles. The summed E-state index contributed by atoms with van der Waals surface area (Å²) >= 11 is 0. The minimum atomic E-state index is -0.696. The molecule has 16 heavy (non-hydrogen) atoms. The van der Waals surface area contributed by atoms with Gasteiger partial charge >= 0.3 is 0 Å². The van der Waals surface area contributed by atoms with Gasteiger partial charge in [0.1, 0.15) is 0 Å². The van der Waals surface area contributed by atoms with Crippen LogP contribution in [0.2, 0.25) is 0 Å². The maximum atomic E-state index is 12.0. The zero-order valence-electron chi connectivity index (χ0n) is 9.01. The Morgan fingerprint density at radius 1 is 1.38 bits per heavy atom. The van der Waals surface area contributed by atoms with E-state index in [-0.39, 0.29) is 24.8 Å². The van der Waals surface area contributed by atoms with Crippen LogP contribution < -0.4 is 0 Å². The van der Waals surface area contributed by atoms with Crippen molar-refractivity contribution >= 4 is 11.8 Å². The summed E-state index contributed by atoms with van der Waals surface area (Å²) in [4.78, 5) is 24.8. The fraction of sp³-hybridized carbons (Fsp3) is 0.333. The normalized spacial score (nSPS) is 17.2. The Kier molecular flexibility index (Phi) is 2.75. The lowest BCUT2D eigenvalue weighted by atomic mass is 9.98. The number of fused-ring (bicyclic) bond motifs is 1. The number of hydrogen-bond donors (Lipinski definition) is 1. The topological polar surface area (TPSA) is 57.6 Å². The molecule has 1 aromatic carbocycles. The van der Waals surface area contributed by atoms with Crippen molar-refractivity contribution in [1.29, 1.82) is 0 Å². The molecule has 0 unspecified atom stereocenters. The largest absolute Gasteiger partial charge is 0.392 e. The Balaban J connectivity index is 2.34. The van der Waals surface area contributed by atoms with Gasteiger partial charge in [-0.25, -0.2) is 0 Å². The molecule has 1 heterocycles. The molecule has 1 atom stereocenters. The van der Waals surface area contributed by atoms with Crippen LogP contribution in [0.25, 0.3) is 0 Å². The summed E-state index contributed by atoms with van der Waals surface area (Å²) in [6.07, 6.45) is -0.465. The van der Waals surface area contributed by atoms with Crippen LogP contribution in [-0.4, -0.2) is 34.5 Å². The van der Waals surface area contributed by atoms with E-state index in [0.29, 0.717) is 5.56 Å². The fourth-order valence-corrected chi connectivity index (χ4v) is 1.85. The van der Waals surface area contributed by atoms with Gasteiger partial charge in [-0.05, 0) is 18.6 Å². The van der Waals surface area contributed by atoms with Crippen LogP contribution >= 0.6 is 0 Å². The maximum absolute atomic E-state index is 12.0. The first-order valence-electron chi connectivity index (χ1n) is 5.20. The molecule has 0 aromatic heterocycles. The third-order valence-electron chi connectivity index (χ3n) is 2.58. The van der Waals surface area contributed by atoms with Gasteiger partial charge in [-0.2, -0.15) is 0 Å². The summed E-state index contributed by atoms with van der Waals surface area (Å²) in [6.45, 7) is 1.62. The van der Waals surface area contributed by atoms with Gasteiger partial charge < -0.3 is 5.11 Å². The SMILES string of the molecule is C[C@H](O)CN1C(=O)Cc2ccccc2C1=O. The highest BCUT2D eigenvalue weighted by Gasteiger charge is 2.30.